The maximum absolute atomic E-state index is 12.6. The lowest BCUT2D eigenvalue weighted by molar-refractivity contribution is -0.161. The molecule has 308 valence electrons. The molecule has 0 fully saturated rings. The number of phosphoric ester groups is 1. The molecule has 0 aromatic heterocycles. The van der Waals surface area contributed by atoms with E-state index in [0.29, 0.717) is 12.8 Å². The van der Waals surface area contributed by atoms with Crippen molar-refractivity contribution in [2.75, 3.05) is 19.8 Å². The number of ether oxygens (including phenoxy) is 2. The van der Waals surface area contributed by atoms with Crippen molar-refractivity contribution in [3.05, 3.63) is 0 Å². The Morgan fingerprint density at radius 1 is 0.519 bits per heavy atom. The van der Waals surface area contributed by atoms with Crippen molar-refractivity contribution >= 4 is 25.7 Å². The van der Waals surface area contributed by atoms with Crippen LogP contribution in [0.3, 0.4) is 0 Å². The Labute approximate surface area is 316 Å². The Morgan fingerprint density at radius 2 is 0.846 bits per heavy atom. The van der Waals surface area contributed by atoms with Crippen LogP contribution in [0.4, 0.5) is 0 Å². The lowest BCUT2D eigenvalue weighted by Crippen LogP contribution is -2.34. The van der Waals surface area contributed by atoms with Crippen molar-refractivity contribution in [3.8, 4) is 0 Å². The summed E-state index contributed by atoms with van der Waals surface area (Å²) in [5, 5.41) is 8.87. The number of nitrogens with two attached hydrogens (primary N) is 1. The molecular formula is C40H78NO10P. The SMILES string of the molecule is CCCCCCCCCCCCCCCCC(=O)OC[C@H](COP(=O)(O)OC[C@H](N)C(=O)O)OC(=O)CCCCCCCCCCCCCCCC. The number of carbonyl (C=O) groups is 3. The number of unbranched alkanes of at least 4 members (excludes halogenated alkanes) is 26. The highest BCUT2D eigenvalue weighted by Gasteiger charge is 2.28. The molecule has 3 atom stereocenters. The van der Waals surface area contributed by atoms with E-state index in [1.54, 1.807) is 0 Å². The second-order valence-corrected chi connectivity index (χ2v) is 15.9. The van der Waals surface area contributed by atoms with Gasteiger partial charge < -0.3 is 25.2 Å². The lowest BCUT2D eigenvalue weighted by atomic mass is 10.0. The van der Waals surface area contributed by atoms with Crippen LogP contribution in [0.25, 0.3) is 0 Å². The minimum Gasteiger partial charge on any atom is -0.480 e. The van der Waals surface area contributed by atoms with Crippen molar-refractivity contribution in [1.29, 1.82) is 0 Å². The van der Waals surface area contributed by atoms with E-state index in [9.17, 15) is 23.8 Å². The van der Waals surface area contributed by atoms with E-state index < -0.39 is 51.1 Å². The Morgan fingerprint density at radius 3 is 1.21 bits per heavy atom. The van der Waals surface area contributed by atoms with Crippen molar-refractivity contribution in [1.82, 2.24) is 0 Å². The molecule has 4 N–H and O–H groups in total. The summed E-state index contributed by atoms with van der Waals surface area (Å²) in [5.41, 5.74) is 5.33. The topological polar surface area (TPSA) is 172 Å². The first-order chi connectivity index (χ1) is 25.1. The Hall–Kier alpha value is -1.52. The molecule has 0 heterocycles. The zero-order valence-electron chi connectivity index (χ0n) is 33.2. The first-order valence-electron chi connectivity index (χ1n) is 21.1. The van der Waals surface area contributed by atoms with Gasteiger partial charge in [-0.3, -0.25) is 23.4 Å². The summed E-state index contributed by atoms with van der Waals surface area (Å²) >= 11 is 0. The van der Waals surface area contributed by atoms with Gasteiger partial charge >= 0.3 is 25.7 Å². The third kappa shape index (κ3) is 35.5. The molecule has 0 spiro atoms. The maximum Gasteiger partial charge on any atom is 0.472 e. The largest absolute Gasteiger partial charge is 0.480 e. The molecule has 1 unspecified atom stereocenters. The minimum atomic E-state index is -4.70. The summed E-state index contributed by atoms with van der Waals surface area (Å²) in [7, 11) is -4.70. The molecule has 0 amide bonds. The van der Waals surface area contributed by atoms with E-state index in [1.165, 1.54) is 128 Å². The molecule has 0 saturated heterocycles. The summed E-state index contributed by atoms with van der Waals surface area (Å²) < 4.78 is 32.6. The number of carbonyl (C=O) groups excluding carboxylic acids is 2. The van der Waals surface area contributed by atoms with Gasteiger partial charge in [0.1, 0.15) is 12.6 Å². The van der Waals surface area contributed by atoms with Gasteiger partial charge in [-0.2, -0.15) is 0 Å². The highest BCUT2D eigenvalue weighted by atomic mass is 31.2. The van der Waals surface area contributed by atoms with Crippen LogP contribution < -0.4 is 5.73 Å². The Balaban J connectivity index is 4.35. The van der Waals surface area contributed by atoms with Crippen LogP contribution in [0.5, 0.6) is 0 Å². The molecule has 0 aliphatic heterocycles. The summed E-state index contributed by atoms with van der Waals surface area (Å²) in [4.78, 5) is 45.8. The second-order valence-electron chi connectivity index (χ2n) is 14.5. The first kappa shape index (κ1) is 50.5. The van der Waals surface area contributed by atoms with Crippen molar-refractivity contribution in [3.63, 3.8) is 0 Å². The summed E-state index contributed by atoms with van der Waals surface area (Å²) in [6.45, 7) is 2.82. The van der Waals surface area contributed by atoms with Crippen LogP contribution in [0.1, 0.15) is 206 Å². The number of phosphoric acid groups is 1. The standard InChI is InChI=1S/C40H78NO10P/c1-3-5-7-9-11-13-15-17-19-21-23-25-27-29-31-38(42)48-33-36(34-49-52(46,47)50-35-37(41)40(44)45)51-39(43)32-30-28-26-24-22-20-18-16-14-12-10-8-6-4-2/h36-37H,3-35,41H2,1-2H3,(H,44,45)(H,46,47)/t36-,37+/m1/s1. The van der Waals surface area contributed by atoms with Crippen molar-refractivity contribution < 1.29 is 47.5 Å². The molecule has 0 aliphatic rings. The first-order valence-corrected chi connectivity index (χ1v) is 22.6. The maximum atomic E-state index is 12.6. The Bertz CT molecular complexity index is 906. The fourth-order valence-electron chi connectivity index (χ4n) is 6.01. The van der Waals surface area contributed by atoms with E-state index in [2.05, 4.69) is 18.4 Å². The number of rotatable bonds is 40. The number of esters is 2. The fraction of sp³-hybridized carbons (Fsp3) is 0.925. The molecule has 0 bridgehead atoms. The fourth-order valence-corrected chi connectivity index (χ4v) is 6.79. The molecule has 0 radical (unpaired) electrons. The van der Waals surface area contributed by atoms with Gasteiger partial charge in [0.05, 0.1) is 13.2 Å². The monoisotopic (exact) mass is 764 g/mol. The van der Waals surface area contributed by atoms with Crippen LogP contribution in [0, 0.1) is 0 Å². The average molecular weight is 764 g/mol. The van der Waals surface area contributed by atoms with Gasteiger partial charge in [-0.1, -0.05) is 181 Å². The highest BCUT2D eigenvalue weighted by Crippen LogP contribution is 2.43. The smallest absolute Gasteiger partial charge is 0.472 e. The second kappa shape index (κ2) is 36.5. The summed E-state index contributed by atoms with van der Waals surface area (Å²) in [5.74, 6) is -2.36. The molecule has 0 saturated carbocycles. The molecule has 11 nitrogen and oxygen atoms in total. The number of carboxylic acid groups (broad SMARTS) is 1. The van der Waals surface area contributed by atoms with Gasteiger partial charge in [-0.05, 0) is 12.8 Å². The molecule has 0 aromatic rings. The van der Waals surface area contributed by atoms with Gasteiger partial charge in [-0.15, -0.1) is 0 Å². The summed E-state index contributed by atoms with van der Waals surface area (Å²) in [6.07, 6.45) is 33.0. The molecule has 0 rings (SSSR count). The highest BCUT2D eigenvalue weighted by molar-refractivity contribution is 7.47. The van der Waals surface area contributed by atoms with E-state index in [-0.39, 0.29) is 19.4 Å². The Kier molecular flexibility index (Phi) is 35.4. The van der Waals surface area contributed by atoms with Crippen LogP contribution in [-0.4, -0.2) is 59.9 Å². The van der Waals surface area contributed by atoms with E-state index in [0.717, 1.165) is 38.5 Å². The summed E-state index contributed by atoms with van der Waals surface area (Å²) in [6, 6.07) is -1.52. The predicted octanol–water partition coefficient (Wildman–Crippen LogP) is 10.7. The van der Waals surface area contributed by atoms with E-state index >= 15 is 0 Å². The zero-order chi connectivity index (χ0) is 38.5. The molecule has 12 heteroatoms. The number of hydrogen-bond acceptors (Lipinski definition) is 9. The van der Waals surface area contributed by atoms with Crippen LogP contribution in [-0.2, 0) is 37.5 Å². The quantitative estimate of drug-likeness (QED) is 0.0308. The third-order valence-corrected chi connectivity index (χ3v) is 10.3. The average Bonchev–Trinajstić information content (AvgIpc) is 3.12. The van der Waals surface area contributed by atoms with Crippen molar-refractivity contribution in [2.24, 2.45) is 5.73 Å². The van der Waals surface area contributed by atoms with Gasteiger partial charge in [0.25, 0.3) is 0 Å². The lowest BCUT2D eigenvalue weighted by Gasteiger charge is -2.20. The molecule has 0 aliphatic carbocycles. The van der Waals surface area contributed by atoms with Gasteiger partial charge in [0.2, 0.25) is 0 Å². The van der Waals surface area contributed by atoms with Crippen molar-refractivity contribution in [2.45, 2.75) is 219 Å². The normalized spacial score (nSPS) is 13.8. The van der Waals surface area contributed by atoms with Crippen LogP contribution in [0.2, 0.25) is 0 Å². The van der Waals surface area contributed by atoms with E-state index in [4.69, 9.17) is 24.8 Å². The zero-order valence-corrected chi connectivity index (χ0v) is 34.1. The van der Waals surface area contributed by atoms with Gasteiger partial charge in [0.15, 0.2) is 6.10 Å². The minimum absolute atomic E-state index is 0.169. The van der Waals surface area contributed by atoms with Gasteiger partial charge in [0, 0.05) is 12.8 Å². The predicted molar refractivity (Wildman–Crippen MR) is 208 cm³/mol. The van der Waals surface area contributed by atoms with Gasteiger partial charge in [-0.25, -0.2) is 4.57 Å². The molecule has 52 heavy (non-hydrogen) atoms. The van der Waals surface area contributed by atoms with Crippen LogP contribution >= 0.6 is 7.82 Å². The molecule has 0 aromatic carbocycles. The number of carboxylic acids is 1. The number of aliphatic carboxylic acids is 1. The van der Waals surface area contributed by atoms with E-state index in [1.807, 2.05) is 0 Å². The third-order valence-electron chi connectivity index (χ3n) is 9.36. The number of hydrogen-bond donors (Lipinski definition) is 3. The molecular weight excluding hydrogens is 685 g/mol. The van der Waals surface area contributed by atoms with Crippen LogP contribution in [0.15, 0.2) is 0 Å².